The Morgan fingerprint density at radius 2 is 1.87 bits per heavy atom. The number of carbonyl (C=O) groups is 1. The lowest BCUT2D eigenvalue weighted by atomic mass is 10.1. The Morgan fingerprint density at radius 3 is 2.52 bits per heavy atom. The van der Waals surface area contributed by atoms with Gasteiger partial charge in [-0.2, -0.15) is 0 Å². The Hall–Kier alpha value is -3.17. The zero-order chi connectivity index (χ0) is 22.6. The molecule has 9 heteroatoms. The van der Waals surface area contributed by atoms with Gasteiger partial charge in [0.1, 0.15) is 11.3 Å². The molecular formula is C22H24N2O6S. The Bertz CT molecular complexity index is 1250. The third-order valence-electron chi connectivity index (χ3n) is 4.83. The smallest absolute Gasteiger partial charge is 0.336 e. The van der Waals surface area contributed by atoms with Crippen LogP contribution in [0.4, 0.5) is 0 Å². The molecule has 1 atom stereocenters. The lowest BCUT2D eigenvalue weighted by Gasteiger charge is -2.15. The van der Waals surface area contributed by atoms with Crippen LogP contribution in [0, 0.1) is 0 Å². The fourth-order valence-electron chi connectivity index (χ4n) is 3.15. The Balaban J connectivity index is 1.57. The summed E-state index contributed by atoms with van der Waals surface area (Å²) in [4.78, 5) is 24.1. The van der Waals surface area contributed by atoms with E-state index in [4.69, 9.17) is 14.3 Å². The maximum absolute atomic E-state index is 12.3. The van der Waals surface area contributed by atoms with E-state index in [-0.39, 0.29) is 10.8 Å². The molecule has 3 rings (SSSR count). The number of rotatable bonds is 8. The number of ether oxygens (including phenoxy) is 1. The molecule has 31 heavy (non-hydrogen) atoms. The van der Waals surface area contributed by atoms with E-state index in [9.17, 15) is 18.0 Å². The minimum atomic E-state index is -3.73. The van der Waals surface area contributed by atoms with Crippen LogP contribution < -0.4 is 20.8 Å². The molecule has 0 saturated carbocycles. The van der Waals surface area contributed by atoms with Gasteiger partial charge in [0, 0.05) is 24.1 Å². The van der Waals surface area contributed by atoms with Crippen molar-refractivity contribution in [3.8, 4) is 5.75 Å². The summed E-state index contributed by atoms with van der Waals surface area (Å²) in [5.74, 6) is 0.121. The molecule has 1 heterocycles. The molecular weight excluding hydrogens is 420 g/mol. The number of nitrogens with one attached hydrogen (secondary N) is 1. The largest absolute Gasteiger partial charge is 0.481 e. The van der Waals surface area contributed by atoms with Crippen molar-refractivity contribution >= 4 is 26.9 Å². The third-order valence-corrected chi connectivity index (χ3v) is 5.76. The number of fused-ring (bicyclic) bond motifs is 1. The lowest BCUT2D eigenvalue weighted by Crippen LogP contribution is -2.37. The maximum atomic E-state index is 12.3. The average Bonchev–Trinajstić information content (AvgIpc) is 2.72. The summed E-state index contributed by atoms with van der Waals surface area (Å²) in [6.07, 6.45) is 0.458. The van der Waals surface area contributed by atoms with Crippen LogP contribution in [-0.4, -0.2) is 27.0 Å². The van der Waals surface area contributed by atoms with Crippen molar-refractivity contribution < 1.29 is 22.4 Å². The molecule has 0 aliphatic rings. The summed E-state index contributed by atoms with van der Waals surface area (Å²) in [5.41, 5.74) is 1.74. The van der Waals surface area contributed by atoms with Crippen molar-refractivity contribution in [3.05, 3.63) is 70.1 Å². The molecule has 164 valence electrons. The van der Waals surface area contributed by atoms with Gasteiger partial charge in [-0.05, 0) is 55.2 Å². The zero-order valence-electron chi connectivity index (χ0n) is 17.3. The Kier molecular flexibility index (Phi) is 6.77. The van der Waals surface area contributed by atoms with Crippen LogP contribution in [-0.2, 0) is 27.7 Å². The molecule has 0 unspecified atom stereocenters. The van der Waals surface area contributed by atoms with Crippen molar-refractivity contribution in [3.63, 3.8) is 0 Å². The standard InChI is InChI=1S/C22H24N2O6S/c1-3-16-12-21(25)30-20-13-17(6-9-19(16)20)29-14(2)22(26)24-11-10-15-4-7-18(8-5-15)31(23,27)28/h4-9,12-14H,3,10-11H2,1-2H3,(H,24,26)(H2,23,27,28)/t14-/m0/s1. The van der Waals surface area contributed by atoms with E-state index in [1.807, 2.05) is 13.0 Å². The van der Waals surface area contributed by atoms with E-state index in [1.54, 1.807) is 31.2 Å². The second-order valence-corrected chi connectivity index (χ2v) is 8.65. The van der Waals surface area contributed by atoms with Gasteiger partial charge >= 0.3 is 5.63 Å². The highest BCUT2D eigenvalue weighted by Gasteiger charge is 2.15. The first-order valence-electron chi connectivity index (χ1n) is 9.80. The molecule has 0 aliphatic carbocycles. The predicted octanol–water partition coefficient (Wildman–Crippen LogP) is 2.13. The SMILES string of the molecule is CCc1cc(=O)oc2cc(O[C@@H](C)C(=O)NCCc3ccc(S(N)(=O)=O)cc3)ccc12. The van der Waals surface area contributed by atoms with Crippen molar-refractivity contribution in [1.29, 1.82) is 0 Å². The first kappa shape index (κ1) is 22.5. The molecule has 3 aromatic rings. The van der Waals surface area contributed by atoms with E-state index in [2.05, 4.69) is 5.32 Å². The maximum Gasteiger partial charge on any atom is 0.336 e. The van der Waals surface area contributed by atoms with E-state index in [0.29, 0.717) is 30.7 Å². The molecule has 1 aromatic heterocycles. The van der Waals surface area contributed by atoms with Crippen LogP contribution in [0.15, 0.2) is 62.6 Å². The van der Waals surface area contributed by atoms with Gasteiger partial charge in [-0.1, -0.05) is 19.1 Å². The minimum absolute atomic E-state index is 0.0413. The molecule has 0 spiro atoms. The van der Waals surface area contributed by atoms with Crippen LogP contribution in [0.5, 0.6) is 5.75 Å². The fourth-order valence-corrected chi connectivity index (χ4v) is 3.67. The van der Waals surface area contributed by atoms with Crippen molar-refractivity contribution in [2.45, 2.75) is 37.7 Å². The van der Waals surface area contributed by atoms with E-state index < -0.39 is 21.8 Å². The predicted molar refractivity (Wildman–Crippen MR) is 116 cm³/mol. The summed E-state index contributed by atoms with van der Waals surface area (Å²) in [6, 6.07) is 12.8. The van der Waals surface area contributed by atoms with E-state index in [0.717, 1.165) is 16.5 Å². The van der Waals surface area contributed by atoms with Crippen LogP contribution in [0.1, 0.15) is 25.0 Å². The molecule has 2 aromatic carbocycles. The number of primary sulfonamides is 1. The number of hydrogen-bond donors (Lipinski definition) is 2. The summed E-state index contributed by atoms with van der Waals surface area (Å²) < 4.78 is 33.5. The number of benzene rings is 2. The molecule has 1 amide bonds. The number of sulfonamides is 1. The Labute approximate surface area is 180 Å². The van der Waals surface area contributed by atoms with Crippen LogP contribution >= 0.6 is 0 Å². The highest BCUT2D eigenvalue weighted by atomic mass is 32.2. The highest BCUT2D eigenvalue weighted by molar-refractivity contribution is 7.89. The van der Waals surface area contributed by atoms with Gasteiger partial charge in [-0.3, -0.25) is 4.79 Å². The number of aryl methyl sites for hydroxylation is 1. The topological polar surface area (TPSA) is 129 Å². The number of carbonyl (C=O) groups excluding carboxylic acids is 1. The lowest BCUT2D eigenvalue weighted by molar-refractivity contribution is -0.127. The van der Waals surface area contributed by atoms with Gasteiger partial charge in [0.15, 0.2) is 6.10 Å². The zero-order valence-corrected chi connectivity index (χ0v) is 18.1. The first-order valence-corrected chi connectivity index (χ1v) is 11.3. The summed E-state index contributed by atoms with van der Waals surface area (Å²) in [5, 5.41) is 8.69. The average molecular weight is 445 g/mol. The summed E-state index contributed by atoms with van der Waals surface area (Å²) in [6.45, 7) is 3.94. The summed E-state index contributed by atoms with van der Waals surface area (Å²) >= 11 is 0. The quantitative estimate of drug-likeness (QED) is 0.512. The first-order chi connectivity index (χ1) is 14.7. The van der Waals surface area contributed by atoms with Gasteiger partial charge in [0.25, 0.3) is 5.91 Å². The van der Waals surface area contributed by atoms with Crippen LogP contribution in [0.3, 0.4) is 0 Å². The molecule has 0 saturated heterocycles. The van der Waals surface area contributed by atoms with Crippen molar-refractivity contribution in [2.24, 2.45) is 5.14 Å². The highest BCUT2D eigenvalue weighted by Crippen LogP contribution is 2.23. The number of amides is 1. The molecule has 0 radical (unpaired) electrons. The number of nitrogens with two attached hydrogens (primary N) is 1. The molecule has 8 nitrogen and oxygen atoms in total. The minimum Gasteiger partial charge on any atom is -0.481 e. The molecule has 0 bridgehead atoms. The van der Waals surface area contributed by atoms with Gasteiger partial charge in [-0.25, -0.2) is 18.4 Å². The van der Waals surface area contributed by atoms with Gasteiger partial charge < -0.3 is 14.5 Å². The van der Waals surface area contributed by atoms with Gasteiger partial charge in [0.2, 0.25) is 10.0 Å². The monoisotopic (exact) mass is 444 g/mol. The second-order valence-electron chi connectivity index (χ2n) is 7.09. The fraction of sp³-hybridized carbons (Fsp3) is 0.273. The van der Waals surface area contributed by atoms with Gasteiger partial charge in [-0.15, -0.1) is 0 Å². The third kappa shape index (κ3) is 5.71. The normalized spacial score (nSPS) is 12.5. The molecule has 0 fully saturated rings. The van der Waals surface area contributed by atoms with Crippen molar-refractivity contribution in [1.82, 2.24) is 5.32 Å². The molecule has 3 N–H and O–H groups in total. The van der Waals surface area contributed by atoms with Gasteiger partial charge in [0.05, 0.1) is 4.90 Å². The molecule has 0 aliphatic heterocycles. The van der Waals surface area contributed by atoms with E-state index in [1.165, 1.54) is 18.2 Å². The summed E-state index contributed by atoms with van der Waals surface area (Å²) in [7, 11) is -3.73. The van der Waals surface area contributed by atoms with Crippen LogP contribution in [0.2, 0.25) is 0 Å². The number of hydrogen-bond acceptors (Lipinski definition) is 6. The van der Waals surface area contributed by atoms with E-state index >= 15 is 0 Å². The second kappa shape index (κ2) is 9.32. The van der Waals surface area contributed by atoms with Crippen LogP contribution in [0.25, 0.3) is 11.0 Å². The Morgan fingerprint density at radius 1 is 1.16 bits per heavy atom. The van der Waals surface area contributed by atoms with Crippen molar-refractivity contribution in [2.75, 3.05) is 6.54 Å².